The minimum atomic E-state index is 0.687. The fourth-order valence-electron chi connectivity index (χ4n) is 4.30. The third kappa shape index (κ3) is 5.97. The molecule has 1 aromatic carbocycles. The molecule has 1 aliphatic rings. The van der Waals surface area contributed by atoms with Crippen LogP contribution in [0.2, 0.25) is 5.15 Å². The van der Waals surface area contributed by atoms with E-state index in [2.05, 4.69) is 27.0 Å². The topological polar surface area (TPSA) is 42.8 Å². The molecular formula is C23H35ClN4O2. The number of piperidine rings is 1. The molecule has 2 aromatic rings. The van der Waals surface area contributed by atoms with Crippen LogP contribution in [0.15, 0.2) is 24.3 Å². The van der Waals surface area contributed by atoms with Crippen LogP contribution < -0.4 is 4.74 Å². The number of benzene rings is 1. The molecule has 1 aromatic heterocycles. The first-order valence-electron chi connectivity index (χ1n) is 10.7. The Morgan fingerprint density at radius 3 is 2.57 bits per heavy atom. The lowest BCUT2D eigenvalue weighted by Gasteiger charge is -2.35. The summed E-state index contributed by atoms with van der Waals surface area (Å²) in [6.07, 6.45) is 2.41. The van der Waals surface area contributed by atoms with E-state index >= 15 is 0 Å². The van der Waals surface area contributed by atoms with Crippen molar-refractivity contribution in [3.05, 3.63) is 46.2 Å². The summed E-state index contributed by atoms with van der Waals surface area (Å²) < 4.78 is 12.6. The summed E-state index contributed by atoms with van der Waals surface area (Å²) in [5.74, 6) is 1.67. The summed E-state index contributed by atoms with van der Waals surface area (Å²) in [5.41, 5.74) is 3.40. The van der Waals surface area contributed by atoms with Crippen molar-refractivity contribution in [2.75, 3.05) is 47.0 Å². The third-order valence-electron chi connectivity index (χ3n) is 6.07. The minimum absolute atomic E-state index is 0.687. The number of likely N-dealkylation sites (tertiary alicyclic amines) is 1. The fraction of sp³-hybridized carbons (Fsp3) is 0.609. The zero-order valence-electron chi connectivity index (χ0n) is 18.7. The highest BCUT2D eigenvalue weighted by molar-refractivity contribution is 6.30. The lowest BCUT2D eigenvalue weighted by Crippen LogP contribution is -2.39. The summed E-state index contributed by atoms with van der Waals surface area (Å²) in [6.45, 7) is 8.74. The Kier molecular flexibility index (Phi) is 8.57. The van der Waals surface area contributed by atoms with Gasteiger partial charge in [0, 0.05) is 51.5 Å². The Labute approximate surface area is 185 Å². The molecule has 1 aliphatic heterocycles. The molecule has 0 atom stereocenters. The van der Waals surface area contributed by atoms with E-state index in [1.807, 2.05) is 26.1 Å². The zero-order chi connectivity index (χ0) is 21.5. The molecule has 7 heteroatoms. The van der Waals surface area contributed by atoms with E-state index in [4.69, 9.17) is 21.1 Å². The monoisotopic (exact) mass is 434 g/mol. The maximum Gasteiger partial charge on any atom is 0.131 e. The van der Waals surface area contributed by atoms with Crippen LogP contribution in [0.3, 0.4) is 0 Å². The summed E-state index contributed by atoms with van der Waals surface area (Å²) >= 11 is 6.48. The summed E-state index contributed by atoms with van der Waals surface area (Å²) in [7, 11) is 5.41. The first-order chi connectivity index (χ1) is 14.5. The van der Waals surface area contributed by atoms with Gasteiger partial charge in [-0.15, -0.1) is 0 Å². The highest BCUT2D eigenvalue weighted by atomic mass is 35.5. The molecule has 0 saturated carbocycles. The van der Waals surface area contributed by atoms with E-state index in [9.17, 15) is 0 Å². The molecule has 0 bridgehead atoms. The molecule has 0 aliphatic carbocycles. The second-order valence-corrected chi connectivity index (χ2v) is 8.60. The number of aromatic nitrogens is 2. The molecule has 0 radical (unpaired) electrons. The van der Waals surface area contributed by atoms with Crippen LogP contribution in [0.5, 0.6) is 5.75 Å². The fourth-order valence-corrected chi connectivity index (χ4v) is 4.53. The molecule has 0 N–H and O–H groups in total. The van der Waals surface area contributed by atoms with Crippen LogP contribution in [-0.2, 0) is 24.9 Å². The predicted octanol–water partition coefficient (Wildman–Crippen LogP) is 3.75. The van der Waals surface area contributed by atoms with Crippen LogP contribution in [0, 0.1) is 12.8 Å². The summed E-state index contributed by atoms with van der Waals surface area (Å²) in [6, 6.07) is 8.32. The first kappa shape index (κ1) is 23.1. The number of hydrogen-bond donors (Lipinski definition) is 0. The highest BCUT2D eigenvalue weighted by Gasteiger charge is 2.23. The molecule has 0 amide bonds. The molecular weight excluding hydrogens is 400 g/mol. The number of para-hydroxylation sites is 1. The van der Waals surface area contributed by atoms with E-state index in [0.29, 0.717) is 5.92 Å². The molecule has 0 spiro atoms. The molecule has 166 valence electrons. The van der Waals surface area contributed by atoms with Gasteiger partial charge < -0.3 is 9.47 Å². The lowest BCUT2D eigenvalue weighted by atomic mass is 9.95. The minimum Gasteiger partial charge on any atom is -0.496 e. The standard InChI is InChI=1S/C23H35ClN4O2/c1-18-21(23(24)26(2)25-18)17-28(13-14-29-3)15-19-9-11-27(12-10-19)16-20-7-5-6-8-22(20)30-4/h5-8,19H,9-17H2,1-4H3. The van der Waals surface area contributed by atoms with E-state index < -0.39 is 0 Å². The lowest BCUT2D eigenvalue weighted by molar-refractivity contribution is 0.106. The van der Waals surface area contributed by atoms with Gasteiger partial charge in [0.05, 0.1) is 19.4 Å². The van der Waals surface area contributed by atoms with Gasteiger partial charge in [0.25, 0.3) is 0 Å². The second kappa shape index (κ2) is 11.1. The van der Waals surface area contributed by atoms with E-state index in [1.165, 1.54) is 18.4 Å². The van der Waals surface area contributed by atoms with Crippen LogP contribution in [0.25, 0.3) is 0 Å². The van der Waals surface area contributed by atoms with E-state index in [0.717, 1.165) is 68.0 Å². The van der Waals surface area contributed by atoms with Crippen molar-refractivity contribution in [1.82, 2.24) is 19.6 Å². The second-order valence-electron chi connectivity index (χ2n) is 8.24. The van der Waals surface area contributed by atoms with Crippen LogP contribution >= 0.6 is 11.6 Å². The van der Waals surface area contributed by atoms with Crippen molar-refractivity contribution >= 4 is 11.6 Å². The highest BCUT2D eigenvalue weighted by Crippen LogP contribution is 2.26. The van der Waals surface area contributed by atoms with Crippen molar-refractivity contribution in [2.24, 2.45) is 13.0 Å². The molecule has 0 unspecified atom stereocenters. The Morgan fingerprint density at radius 2 is 1.93 bits per heavy atom. The summed E-state index contributed by atoms with van der Waals surface area (Å²) in [4.78, 5) is 5.01. The largest absolute Gasteiger partial charge is 0.496 e. The van der Waals surface area contributed by atoms with Crippen LogP contribution in [-0.4, -0.2) is 66.6 Å². The summed E-state index contributed by atoms with van der Waals surface area (Å²) in [5, 5.41) is 5.20. The smallest absolute Gasteiger partial charge is 0.131 e. The normalized spacial score (nSPS) is 15.8. The van der Waals surface area contributed by atoms with Crippen molar-refractivity contribution in [2.45, 2.75) is 32.9 Å². The number of methoxy groups -OCH3 is 2. The maximum atomic E-state index is 6.48. The van der Waals surface area contributed by atoms with Crippen molar-refractivity contribution in [1.29, 1.82) is 0 Å². The number of hydrogen-bond acceptors (Lipinski definition) is 5. The average Bonchev–Trinajstić information content (AvgIpc) is 2.99. The Balaban J connectivity index is 1.55. The van der Waals surface area contributed by atoms with E-state index in [-0.39, 0.29) is 0 Å². The van der Waals surface area contributed by atoms with Gasteiger partial charge in [-0.3, -0.25) is 14.5 Å². The third-order valence-corrected chi connectivity index (χ3v) is 6.55. The van der Waals surface area contributed by atoms with Gasteiger partial charge in [-0.25, -0.2) is 0 Å². The van der Waals surface area contributed by atoms with Crippen LogP contribution in [0.1, 0.15) is 29.7 Å². The molecule has 3 rings (SSSR count). The van der Waals surface area contributed by atoms with Gasteiger partial charge in [-0.2, -0.15) is 5.10 Å². The van der Waals surface area contributed by atoms with Gasteiger partial charge in [0.2, 0.25) is 0 Å². The number of ether oxygens (including phenoxy) is 2. The van der Waals surface area contributed by atoms with Crippen molar-refractivity contribution < 1.29 is 9.47 Å². The van der Waals surface area contributed by atoms with Gasteiger partial charge in [0.15, 0.2) is 0 Å². The van der Waals surface area contributed by atoms with Gasteiger partial charge in [0.1, 0.15) is 10.9 Å². The predicted molar refractivity (Wildman–Crippen MR) is 121 cm³/mol. The molecule has 2 heterocycles. The molecule has 1 fully saturated rings. The molecule has 1 saturated heterocycles. The number of rotatable bonds is 10. The number of nitrogens with zero attached hydrogens (tertiary/aromatic N) is 4. The zero-order valence-corrected chi connectivity index (χ0v) is 19.5. The van der Waals surface area contributed by atoms with Crippen molar-refractivity contribution in [3.8, 4) is 5.75 Å². The van der Waals surface area contributed by atoms with E-state index in [1.54, 1.807) is 18.9 Å². The molecule has 30 heavy (non-hydrogen) atoms. The average molecular weight is 435 g/mol. The first-order valence-corrected chi connectivity index (χ1v) is 11.1. The Morgan fingerprint density at radius 1 is 1.20 bits per heavy atom. The SMILES string of the molecule is COCCN(Cc1c(C)nn(C)c1Cl)CC1CCN(Cc2ccccc2OC)CC1. The number of aryl methyl sites for hydroxylation is 2. The van der Waals surface area contributed by atoms with Gasteiger partial charge in [-0.05, 0) is 44.8 Å². The Bertz CT molecular complexity index is 802. The molecule has 6 nitrogen and oxygen atoms in total. The van der Waals surface area contributed by atoms with Crippen molar-refractivity contribution in [3.63, 3.8) is 0 Å². The van der Waals surface area contributed by atoms with Crippen LogP contribution in [0.4, 0.5) is 0 Å². The van der Waals surface area contributed by atoms with Gasteiger partial charge >= 0.3 is 0 Å². The van der Waals surface area contributed by atoms with Gasteiger partial charge in [-0.1, -0.05) is 29.8 Å². The number of halogens is 1. The quantitative estimate of drug-likeness (QED) is 0.569. The maximum absolute atomic E-state index is 6.48. The Hall–Kier alpha value is -1.60.